The summed E-state index contributed by atoms with van der Waals surface area (Å²) in [7, 11) is 0. The highest BCUT2D eigenvalue weighted by Crippen LogP contribution is 2.14. The molecule has 1 aliphatic rings. The monoisotopic (exact) mass is 130 g/mol. The van der Waals surface area contributed by atoms with Crippen LogP contribution in [0.25, 0.3) is 0 Å². The topological polar surface area (TPSA) is 38.4 Å². The Morgan fingerprint density at radius 2 is 2.62 bits per heavy atom. The first-order valence-corrected chi connectivity index (χ1v) is 3.74. The van der Waals surface area contributed by atoms with E-state index in [0.717, 1.165) is 12.2 Å². The van der Waals surface area contributed by atoms with Gasteiger partial charge < -0.3 is 5.73 Å². The van der Waals surface area contributed by atoms with Crippen molar-refractivity contribution >= 4 is 17.5 Å². The molecule has 0 bridgehead atoms. The standard InChI is InChI=1S/C5H10N2S/c1-4-2-3-8-5(6)7-4/h5H,2-3,6H2,1H3. The number of hydrogen-bond acceptors (Lipinski definition) is 3. The van der Waals surface area contributed by atoms with E-state index < -0.39 is 0 Å². The highest BCUT2D eigenvalue weighted by molar-refractivity contribution is 7.99. The average molecular weight is 130 g/mol. The molecule has 3 heteroatoms. The minimum absolute atomic E-state index is 0.0174. The van der Waals surface area contributed by atoms with Gasteiger partial charge in [-0.1, -0.05) is 0 Å². The maximum absolute atomic E-state index is 5.50. The van der Waals surface area contributed by atoms with E-state index in [2.05, 4.69) is 4.99 Å². The summed E-state index contributed by atoms with van der Waals surface area (Å²) in [6.45, 7) is 2.03. The molecule has 0 saturated heterocycles. The molecule has 0 amide bonds. The molecule has 1 atom stereocenters. The number of rotatable bonds is 0. The summed E-state index contributed by atoms with van der Waals surface area (Å²) in [5.74, 6) is 1.14. The Hall–Kier alpha value is -0.0200. The lowest BCUT2D eigenvalue weighted by molar-refractivity contribution is 0.953. The van der Waals surface area contributed by atoms with Gasteiger partial charge in [0.15, 0.2) is 0 Å². The predicted molar refractivity (Wildman–Crippen MR) is 38.2 cm³/mol. The van der Waals surface area contributed by atoms with Crippen LogP contribution in [0.3, 0.4) is 0 Å². The van der Waals surface area contributed by atoms with Crippen molar-refractivity contribution in [2.45, 2.75) is 18.8 Å². The van der Waals surface area contributed by atoms with Gasteiger partial charge in [0.2, 0.25) is 0 Å². The summed E-state index contributed by atoms with van der Waals surface area (Å²) in [5, 5.41) is 0. The van der Waals surface area contributed by atoms with Gasteiger partial charge in [-0.25, -0.2) is 0 Å². The number of hydrogen-bond donors (Lipinski definition) is 1. The van der Waals surface area contributed by atoms with Gasteiger partial charge in [0, 0.05) is 11.5 Å². The third-order valence-corrected chi connectivity index (χ3v) is 1.99. The van der Waals surface area contributed by atoms with Gasteiger partial charge in [-0.2, -0.15) is 0 Å². The Bertz CT molecular complexity index is 111. The molecular formula is C5H10N2S. The highest BCUT2D eigenvalue weighted by Gasteiger charge is 2.06. The summed E-state index contributed by atoms with van der Waals surface area (Å²) in [6, 6.07) is 0. The molecule has 0 spiro atoms. The van der Waals surface area contributed by atoms with Crippen molar-refractivity contribution in [1.82, 2.24) is 0 Å². The second-order valence-corrected chi connectivity index (χ2v) is 3.10. The van der Waals surface area contributed by atoms with Gasteiger partial charge in [-0.15, -0.1) is 11.8 Å². The van der Waals surface area contributed by atoms with Gasteiger partial charge in [0.1, 0.15) is 5.50 Å². The van der Waals surface area contributed by atoms with Crippen molar-refractivity contribution in [2.75, 3.05) is 5.75 Å². The van der Waals surface area contributed by atoms with Gasteiger partial charge in [0.25, 0.3) is 0 Å². The summed E-state index contributed by atoms with van der Waals surface area (Å²) in [6.07, 6.45) is 1.11. The third kappa shape index (κ3) is 1.49. The van der Waals surface area contributed by atoms with Crippen molar-refractivity contribution in [3.8, 4) is 0 Å². The third-order valence-electron chi connectivity index (χ3n) is 1.10. The Kier molecular flexibility index (Phi) is 1.91. The zero-order chi connectivity index (χ0) is 5.98. The minimum atomic E-state index is 0.0174. The van der Waals surface area contributed by atoms with E-state index in [1.54, 1.807) is 11.8 Å². The molecule has 2 nitrogen and oxygen atoms in total. The lowest BCUT2D eigenvalue weighted by Crippen LogP contribution is -2.19. The highest BCUT2D eigenvalue weighted by atomic mass is 32.2. The molecule has 1 rings (SSSR count). The molecule has 46 valence electrons. The first-order chi connectivity index (χ1) is 3.79. The number of thioether (sulfide) groups is 1. The summed E-state index contributed by atoms with van der Waals surface area (Å²) >= 11 is 1.71. The second-order valence-electron chi connectivity index (χ2n) is 1.88. The van der Waals surface area contributed by atoms with Crippen LogP contribution in [0.15, 0.2) is 4.99 Å². The Labute approximate surface area is 53.6 Å². The van der Waals surface area contributed by atoms with E-state index in [-0.39, 0.29) is 5.50 Å². The van der Waals surface area contributed by atoms with E-state index in [1.165, 1.54) is 5.71 Å². The van der Waals surface area contributed by atoms with Gasteiger partial charge in [-0.3, -0.25) is 4.99 Å². The van der Waals surface area contributed by atoms with E-state index in [9.17, 15) is 0 Å². The van der Waals surface area contributed by atoms with Crippen molar-refractivity contribution in [3.05, 3.63) is 0 Å². The zero-order valence-corrected chi connectivity index (χ0v) is 5.74. The Balaban J connectivity index is 2.50. The lowest BCUT2D eigenvalue weighted by Gasteiger charge is -2.12. The van der Waals surface area contributed by atoms with Crippen LogP contribution in [0.1, 0.15) is 13.3 Å². The smallest absolute Gasteiger partial charge is 0.144 e. The van der Waals surface area contributed by atoms with Gasteiger partial charge in [-0.05, 0) is 13.3 Å². The molecule has 0 aromatic rings. The number of aliphatic imine (C=N–C) groups is 1. The Morgan fingerprint density at radius 3 is 3.00 bits per heavy atom. The van der Waals surface area contributed by atoms with Crippen LogP contribution >= 0.6 is 11.8 Å². The fourth-order valence-electron chi connectivity index (χ4n) is 0.646. The molecule has 1 unspecified atom stereocenters. The quantitative estimate of drug-likeness (QED) is 0.527. The molecule has 0 radical (unpaired) electrons. The maximum Gasteiger partial charge on any atom is 0.144 e. The van der Waals surface area contributed by atoms with E-state index in [4.69, 9.17) is 5.73 Å². The first kappa shape index (κ1) is 6.11. The normalized spacial score (nSPS) is 29.8. The molecular weight excluding hydrogens is 120 g/mol. The van der Waals surface area contributed by atoms with Crippen LogP contribution in [0, 0.1) is 0 Å². The Morgan fingerprint density at radius 1 is 1.88 bits per heavy atom. The van der Waals surface area contributed by atoms with Gasteiger partial charge in [0.05, 0.1) is 0 Å². The molecule has 8 heavy (non-hydrogen) atoms. The molecule has 0 aromatic carbocycles. The average Bonchev–Trinajstić information content (AvgIpc) is 1.64. The van der Waals surface area contributed by atoms with Crippen molar-refractivity contribution in [2.24, 2.45) is 10.7 Å². The minimum Gasteiger partial charge on any atom is -0.301 e. The van der Waals surface area contributed by atoms with Gasteiger partial charge >= 0.3 is 0 Å². The zero-order valence-electron chi connectivity index (χ0n) is 4.92. The van der Waals surface area contributed by atoms with E-state index >= 15 is 0 Å². The predicted octanol–water partition coefficient (Wildman–Crippen LogP) is 0.827. The fourth-order valence-corrected chi connectivity index (χ4v) is 1.56. The SMILES string of the molecule is CC1=NC(N)SCC1. The second kappa shape index (κ2) is 2.51. The molecule has 1 heterocycles. The van der Waals surface area contributed by atoms with Crippen LogP contribution in [-0.2, 0) is 0 Å². The van der Waals surface area contributed by atoms with Crippen LogP contribution in [0.2, 0.25) is 0 Å². The first-order valence-electron chi connectivity index (χ1n) is 2.69. The van der Waals surface area contributed by atoms with Crippen LogP contribution in [0.4, 0.5) is 0 Å². The molecule has 0 aromatic heterocycles. The van der Waals surface area contributed by atoms with Crippen LogP contribution < -0.4 is 5.73 Å². The molecule has 0 aliphatic carbocycles. The molecule has 0 saturated carbocycles. The molecule has 2 N–H and O–H groups in total. The molecule has 1 aliphatic heterocycles. The number of nitrogens with two attached hydrogens (primary N) is 1. The summed E-state index contributed by atoms with van der Waals surface area (Å²) in [4.78, 5) is 4.14. The number of nitrogens with zero attached hydrogens (tertiary/aromatic N) is 1. The van der Waals surface area contributed by atoms with Crippen LogP contribution in [-0.4, -0.2) is 17.0 Å². The maximum atomic E-state index is 5.50. The fraction of sp³-hybridized carbons (Fsp3) is 0.800. The largest absolute Gasteiger partial charge is 0.301 e. The van der Waals surface area contributed by atoms with E-state index in [0.29, 0.717) is 0 Å². The van der Waals surface area contributed by atoms with Crippen molar-refractivity contribution in [3.63, 3.8) is 0 Å². The van der Waals surface area contributed by atoms with Crippen molar-refractivity contribution < 1.29 is 0 Å². The molecule has 0 fully saturated rings. The lowest BCUT2D eigenvalue weighted by atomic mass is 10.3. The summed E-state index contributed by atoms with van der Waals surface area (Å²) in [5.41, 5.74) is 6.71. The van der Waals surface area contributed by atoms with E-state index in [1.807, 2.05) is 6.92 Å². The van der Waals surface area contributed by atoms with Crippen LogP contribution in [0.5, 0.6) is 0 Å². The van der Waals surface area contributed by atoms with Crippen molar-refractivity contribution in [1.29, 1.82) is 0 Å². The summed E-state index contributed by atoms with van der Waals surface area (Å²) < 4.78 is 0.